The van der Waals surface area contributed by atoms with Crippen LogP contribution in [-0.4, -0.2) is 31.4 Å². The van der Waals surface area contributed by atoms with E-state index in [1.807, 2.05) is 0 Å². The van der Waals surface area contributed by atoms with E-state index < -0.39 is 60.3 Å². The zero-order chi connectivity index (χ0) is 55.4. The summed E-state index contributed by atoms with van der Waals surface area (Å²) < 4.78 is 179. The zero-order valence-electron chi connectivity index (χ0n) is 44.2. The Morgan fingerprint density at radius 3 is 1.08 bits per heavy atom. The van der Waals surface area contributed by atoms with Crippen LogP contribution < -0.4 is 14.0 Å². The predicted octanol–water partition coefficient (Wildman–Crippen LogP) is 20.3. The number of hydrogen-bond donors (Lipinski definition) is 0. The van der Waals surface area contributed by atoms with Crippen LogP contribution >= 0.6 is 0 Å². The molecule has 0 fully saturated rings. The van der Waals surface area contributed by atoms with Crippen LogP contribution in [0.15, 0.2) is 91.0 Å². The second-order valence-corrected chi connectivity index (χ2v) is 19.4. The quantitative estimate of drug-likeness (QED) is 0.0156. The van der Waals surface area contributed by atoms with Crippen molar-refractivity contribution in [1.29, 1.82) is 0 Å². The summed E-state index contributed by atoms with van der Waals surface area (Å²) in [6.07, 6.45) is 5.37. The Balaban J connectivity index is 0.00000132. The minimum absolute atomic E-state index is 0.0276. The first-order valence-corrected chi connectivity index (χ1v) is 27.0. The van der Waals surface area contributed by atoms with Crippen LogP contribution in [-0.2, 0) is 24.7 Å². The van der Waals surface area contributed by atoms with Crippen molar-refractivity contribution < 1.29 is 71.1 Å². The van der Waals surface area contributed by atoms with Gasteiger partial charge in [-0.05, 0) is 92.4 Å². The van der Waals surface area contributed by atoms with Crippen molar-refractivity contribution in [3.63, 3.8) is 0 Å². The number of quaternary nitrogens is 1. The van der Waals surface area contributed by atoms with Crippen molar-refractivity contribution in [3.05, 3.63) is 125 Å². The molecular weight excluding hydrogens is 997 g/mol. The molecule has 1 atom stereocenters. The van der Waals surface area contributed by atoms with Crippen molar-refractivity contribution >= 4 is 7.32 Å². The Labute approximate surface area is 438 Å². The van der Waals surface area contributed by atoms with E-state index in [0.29, 0.717) is 16.5 Å². The van der Waals surface area contributed by atoms with Crippen LogP contribution in [0.3, 0.4) is 0 Å². The first-order valence-electron chi connectivity index (χ1n) is 27.0. The van der Waals surface area contributed by atoms with Crippen LogP contribution in [0.25, 0.3) is 0 Å². The Kier molecular flexibility index (Phi) is 28.4. The lowest BCUT2D eigenvalue weighted by Crippen LogP contribution is -2.53. The Hall–Kier alpha value is -4.54. The van der Waals surface area contributed by atoms with Crippen LogP contribution in [0.4, 0.5) is 52.7 Å². The van der Waals surface area contributed by atoms with Crippen molar-refractivity contribution in [2.24, 2.45) is 0 Å². The third kappa shape index (κ3) is 24.1. The summed E-state index contributed by atoms with van der Waals surface area (Å²) in [6.45, 7) is 10.7. The fourth-order valence-corrected chi connectivity index (χ4v) is 9.17. The molecule has 0 aliphatic heterocycles. The van der Waals surface area contributed by atoms with Gasteiger partial charge in [-0.3, -0.25) is 0 Å². The minimum Gasteiger partial charge on any atom is -0.490 e. The number of hydrogen-bond acceptors (Lipinski definition) is 3. The number of rotatable bonds is 33. The van der Waals surface area contributed by atoms with Crippen molar-refractivity contribution in [2.45, 2.75) is 200 Å². The summed E-state index contributed by atoms with van der Waals surface area (Å²) in [4.78, 5) is 0. The largest absolute Gasteiger partial charge is 0.864 e. The number of benzene rings is 4. The van der Waals surface area contributed by atoms with E-state index in [-0.39, 0.29) is 17.2 Å². The molecule has 0 saturated heterocycles. The molecule has 0 radical (unpaired) electrons. The first-order chi connectivity index (χ1) is 35.6. The lowest BCUT2D eigenvalue weighted by atomic mass is 9.91. The van der Waals surface area contributed by atoms with Gasteiger partial charge in [-0.2, -0.15) is 83.0 Å². The Morgan fingerprint density at radius 2 is 0.733 bits per heavy atom. The van der Waals surface area contributed by atoms with E-state index in [0.717, 1.165) is 163 Å². The van der Waals surface area contributed by atoms with Crippen LogP contribution in [0.5, 0.6) is 17.2 Å². The smallest absolute Gasteiger partial charge is 0.490 e. The average molecular weight is 1080 g/mol. The third-order valence-corrected chi connectivity index (χ3v) is 13.4. The highest BCUT2D eigenvalue weighted by molar-refractivity contribution is 6.39. The van der Waals surface area contributed by atoms with Crippen LogP contribution in [0.2, 0.25) is 0 Å². The molecular formula is C58H78BF12NO3. The maximum absolute atomic E-state index is 14.7. The molecule has 0 aliphatic rings. The first kappa shape index (κ1) is 64.8. The number of unbranched alkanes of at least 4 members (excludes halogenated alkanes) is 17. The molecule has 4 rings (SSSR count). The molecule has 0 amide bonds. The molecule has 4 nitrogen and oxygen atoms in total. The summed E-state index contributed by atoms with van der Waals surface area (Å²) >= 11 is 0. The highest BCUT2D eigenvalue weighted by atomic mass is 19.4. The minimum atomic E-state index is -4.69. The molecule has 75 heavy (non-hydrogen) atoms. The molecule has 4 aromatic rings. The highest BCUT2D eigenvalue weighted by Gasteiger charge is 2.42. The molecule has 0 bridgehead atoms. The lowest BCUT2D eigenvalue weighted by Gasteiger charge is -2.46. The van der Waals surface area contributed by atoms with Gasteiger partial charge in [-0.1, -0.05) is 142 Å². The average Bonchev–Trinajstić information content (AvgIpc) is 3.36. The van der Waals surface area contributed by atoms with E-state index in [1.54, 1.807) is 0 Å². The number of alkyl halides is 12. The molecule has 0 heterocycles. The second kappa shape index (κ2) is 32.9. The molecule has 1 unspecified atom stereocenters. The predicted molar refractivity (Wildman–Crippen MR) is 274 cm³/mol. The zero-order valence-corrected chi connectivity index (χ0v) is 44.2. The van der Waals surface area contributed by atoms with E-state index in [4.69, 9.17) is 14.0 Å². The van der Waals surface area contributed by atoms with Gasteiger partial charge < -0.3 is 18.4 Å². The molecule has 17 heteroatoms. The summed E-state index contributed by atoms with van der Waals surface area (Å²) in [5.74, 6) is -0.229. The standard InChI is InChI=1S/C51H74BF9NO3.C7H4F3/c1-5-9-13-14-15-16-17-18-19-20-21-22-23-24-25-26-47(62(37-10-6-2,38-11-7-3)39-12-8-4)46-40-43(51(59,60)61)31-36-48(46)65-52(63-44-32-27-41(28-33-44)49(53,54)55)64-45-34-29-42(30-35-45)50(56,57)58;8-7(9,10)6-4-2-1-3-5-6/h27-36,40,47H,5-26,37-39H2,1-4H3;2-5H/q+1;-1. The summed E-state index contributed by atoms with van der Waals surface area (Å²) in [5.41, 5.74) is -3.07. The van der Waals surface area contributed by atoms with E-state index in [9.17, 15) is 52.7 Å². The van der Waals surface area contributed by atoms with Gasteiger partial charge in [0.25, 0.3) is 0 Å². The fourth-order valence-electron chi connectivity index (χ4n) is 9.17. The number of nitrogens with zero attached hydrogens (tertiary/aromatic N) is 1. The maximum atomic E-state index is 14.7. The summed E-state index contributed by atoms with van der Waals surface area (Å²) in [5, 5.41) is 0. The van der Waals surface area contributed by atoms with Gasteiger partial charge in [-0.25, -0.2) is 0 Å². The van der Waals surface area contributed by atoms with Crippen molar-refractivity contribution in [3.8, 4) is 17.2 Å². The molecule has 0 aromatic heterocycles. The summed E-state index contributed by atoms with van der Waals surface area (Å²) in [7, 11) is -1.82. The van der Waals surface area contributed by atoms with Crippen LogP contribution in [0, 0.1) is 6.07 Å². The van der Waals surface area contributed by atoms with Gasteiger partial charge in [0.05, 0.1) is 41.9 Å². The summed E-state index contributed by atoms with van der Waals surface area (Å²) in [6, 6.07) is 17.2. The molecule has 0 N–H and O–H groups in total. The molecule has 0 aliphatic carbocycles. The molecule has 4 aromatic carbocycles. The topological polar surface area (TPSA) is 27.7 Å². The fraction of sp³-hybridized carbons (Fsp3) is 0.586. The van der Waals surface area contributed by atoms with Gasteiger partial charge in [0.1, 0.15) is 23.3 Å². The normalized spacial score (nSPS) is 12.7. The second-order valence-electron chi connectivity index (χ2n) is 19.4. The van der Waals surface area contributed by atoms with Crippen LogP contribution in [0.1, 0.15) is 203 Å². The van der Waals surface area contributed by atoms with Gasteiger partial charge in [-0.15, -0.1) is 0 Å². The van der Waals surface area contributed by atoms with Gasteiger partial charge in [0.2, 0.25) is 0 Å². The molecule has 0 spiro atoms. The Morgan fingerprint density at radius 1 is 0.400 bits per heavy atom. The highest BCUT2D eigenvalue weighted by Crippen LogP contribution is 2.44. The van der Waals surface area contributed by atoms with Gasteiger partial charge >= 0.3 is 32.0 Å². The van der Waals surface area contributed by atoms with Gasteiger partial charge in [0, 0.05) is 6.42 Å². The molecule has 420 valence electrons. The maximum Gasteiger partial charge on any atom is 0.864 e. The van der Waals surface area contributed by atoms with Crippen molar-refractivity contribution in [2.75, 3.05) is 19.6 Å². The van der Waals surface area contributed by atoms with Crippen molar-refractivity contribution in [1.82, 2.24) is 0 Å². The monoisotopic (exact) mass is 1080 g/mol. The number of halogens is 12. The lowest BCUT2D eigenvalue weighted by molar-refractivity contribution is -0.958. The third-order valence-electron chi connectivity index (χ3n) is 13.4. The van der Waals surface area contributed by atoms with Gasteiger partial charge in [0.15, 0.2) is 0 Å². The molecule has 0 saturated carbocycles. The van der Waals surface area contributed by atoms with E-state index in [1.165, 1.54) is 82.4 Å². The Bertz CT molecular complexity index is 2030. The SMILES string of the molecule is CCCCCCCCCCCCCCCCCC(c1cc(C(F)(F)F)ccc1OB(Oc1ccc(C(F)(F)F)cc1)Oc1ccc(C(F)(F)F)cc1)[N+](CCCC)(CCCC)CCCC.FC(F)(F)c1cc[c-]cc1. The van der Waals surface area contributed by atoms with E-state index >= 15 is 0 Å². The van der Waals surface area contributed by atoms with E-state index in [2.05, 4.69) is 33.8 Å².